The average molecular weight is 316 g/mol. The van der Waals surface area contributed by atoms with Crippen LogP contribution >= 0.6 is 0 Å². The summed E-state index contributed by atoms with van der Waals surface area (Å²) in [7, 11) is 0. The number of nitrogens with one attached hydrogen (secondary N) is 3. The molecule has 0 spiro atoms. The van der Waals surface area contributed by atoms with Gasteiger partial charge in [-0.3, -0.25) is 15.2 Å². The Morgan fingerprint density at radius 1 is 1.22 bits per heavy atom. The number of H-pyrrole nitrogens is 1. The predicted molar refractivity (Wildman–Crippen MR) is 81.5 cm³/mol. The molecule has 1 aromatic heterocycles. The van der Waals surface area contributed by atoms with Gasteiger partial charge in [-0.15, -0.1) is 0 Å². The molecule has 120 valence electrons. The number of amides is 3. The number of benzene rings is 1. The molecular weight excluding hydrogens is 300 g/mol. The van der Waals surface area contributed by atoms with Crippen LogP contribution in [0.4, 0.5) is 4.79 Å². The highest BCUT2D eigenvalue weighted by atomic mass is 16.5. The zero-order chi connectivity index (χ0) is 16.7. The van der Waals surface area contributed by atoms with Crippen molar-refractivity contribution in [3.05, 3.63) is 42.1 Å². The number of ether oxygens (including phenoxy) is 1. The standard InChI is InChI=1S/C15H16N4O4/c1-2-16-15(22)17-13(20)9-23-14(21)12-8-11(18-19-12)10-6-4-3-5-7-10/h3-8H,2,9H2,1H3,(H,18,19)(H2,16,17,20,22). The van der Waals surface area contributed by atoms with Gasteiger partial charge in [-0.1, -0.05) is 30.3 Å². The molecule has 0 aliphatic heterocycles. The van der Waals surface area contributed by atoms with Crippen molar-refractivity contribution < 1.29 is 19.1 Å². The molecule has 1 aromatic carbocycles. The van der Waals surface area contributed by atoms with E-state index in [2.05, 4.69) is 15.5 Å². The Bertz CT molecular complexity index is 697. The lowest BCUT2D eigenvalue weighted by atomic mass is 10.1. The Kier molecular flexibility index (Phi) is 5.45. The Morgan fingerprint density at radius 2 is 1.96 bits per heavy atom. The van der Waals surface area contributed by atoms with Crippen molar-refractivity contribution in [2.45, 2.75) is 6.92 Å². The molecule has 0 aliphatic carbocycles. The number of carbonyl (C=O) groups excluding carboxylic acids is 3. The van der Waals surface area contributed by atoms with Crippen molar-refractivity contribution in [3.8, 4) is 11.3 Å². The van der Waals surface area contributed by atoms with Crippen LogP contribution in [0.5, 0.6) is 0 Å². The number of esters is 1. The number of imide groups is 1. The highest BCUT2D eigenvalue weighted by Crippen LogP contribution is 2.17. The van der Waals surface area contributed by atoms with Crippen LogP contribution in [0.1, 0.15) is 17.4 Å². The fourth-order valence-electron chi connectivity index (χ4n) is 1.76. The molecule has 0 aliphatic rings. The first-order valence-corrected chi connectivity index (χ1v) is 6.95. The molecule has 0 saturated heterocycles. The van der Waals surface area contributed by atoms with Crippen molar-refractivity contribution in [2.24, 2.45) is 0 Å². The van der Waals surface area contributed by atoms with Crippen LogP contribution in [0.3, 0.4) is 0 Å². The van der Waals surface area contributed by atoms with Gasteiger partial charge in [0, 0.05) is 12.1 Å². The third-order valence-corrected chi connectivity index (χ3v) is 2.79. The quantitative estimate of drug-likeness (QED) is 0.714. The molecule has 0 radical (unpaired) electrons. The van der Waals surface area contributed by atoms with Crippen LogP contribution in [-0.2, 0) is 9.53 Å². The van der Waals surface area contributed by atoms with E-state index >= 15 is 0 Å². The Hall–Kier alpha value is -3.16. The summed E-state index contributed by atoms with van der Waals surface area (Å²) in [5.41, 5.74) is 1.55. The summed E-state index contributed by atoms with van der Waals surface area (Å²) < 4.78 is 4.82. The highest BCUT2D eigenvalue weighted by Gasteiger charge is 2.15. The minimum atomic E-state index is -0.731. The molecule has 2 rings (SSSR count). The third-order valence-electron chi connectivity index (χ3n) is 2.79. The van der Waals surface area contributed by atoms with Gasteiger partial charge in [0.1, 0.15) is 5.69 Å². The van der Waals surface area contributed by atoms with Gasteiger partial charge in [0.2, 0.25) is 0 Å². The van der Waals surface area contributed by atoms with E-state index in [0.717, 1.165) is 5.56 Å². The second kappa shape index (κ2) is 7.74. The van der Waals surface area contributed by atoms with Crippen LogP contribution in [-0.4, -0.2) is 41.3 Å². The van der Waals surface area contributed by atoms with Gasteiger partial charge in [0.25, 0.3) is 5.91 Å². The number of hydrogen-bond donors (Lipinski definition) is 3. The van der Waals surface area contributed by atoms with Crippen LogP contribution in [0.25, 0.3) is 11.3 Å². The number of nitrogens with zero attached hydrogens (tertiary/aromatic N) is 1. The summed E-state index contributed by atoms with van der Waals surface area (Å²) >= 11 is 0. The third kappa shape index (κ3) is 4.67. The Balaban J connectivity index is 1.88. The van der Waals surface area contributed by atoms with Crippen LogP contribution < -0.4 is 10.6 Å². The number of carbonyl (C=O) groups is 3. The van der Waals surface area contributed by atoms with Crippen molar-refractivity contribution in [1.29, 1.82) is 0 Å². The van der Waals surface area contributed by atoms with Gasteiger partial charge in [0.05, 0.1) is 5.69 Å². The maximum absolute atomic E-state index is 11.8. The number of rotatable bonds is 5. The summed E-state index contributed by atoms with van der Waals surface area (Å²) in [6, 6.07) is 10.2. The van der Waals surface area contributed by atoms with E-state index < -0.39 is 24.5 Å². The van der Waals surface area contributed by atoms with Crippen molar-refractivity contribution in [3.63, 3.8) is 0 Å². The van der Waals surface area contributed by atoms with Crippen molar-refractivity contribution in [1.82, 2.24) is 20.8 Å². The molecule has 8 nitrogen and oxygen atoms in total. The monoisotopic (exact) mass is 316 g/mol. The molecule has 3 amide bonds. The van der Waals surface area contributed by atoms with E-state index in [9.17, 15) is 14.4 Å². The first kappa shape index (κ1) is 16.2. The first-order chi connectivity index (χ1) is 11.1. The largest absolute Gasteiger partial charge is 0.451 e. The van der Waals surface area contributed by atoms with Gasteiger partial charge in [0.15, 0.2) is 6.61 Å². The molecule has 2 aromatic rings. The highest BCUT2D eigenvalue weighted by molar-refractivity contribution is 5.96. The molecule has 0 bridgehead atoms. The van der Waals surface area contributed by atoms with E-state index in [1.54, 1.807) is 6.92 Å². The molecule has 23 heavy (non-hydrogen) atoms. The fraction of sp³-hybridized carbons (Fsp3) is 0.200. The molecule has 0 fully saturated rings. The predicted octanol–water partition coefficient (Wildman–Crippen LogP) is 1.08. The normalized spacial score (nSPS) is 9.96. The summed E-state index contributed by atoms with van der Waals surface area (Å²) in [5.74, 6) is -1.45. The maximum atomic E-state index is 11.8. The minimum absolute atomic E-state index is 0.120. The first-order valence-electron chi connectivity index (χ1n) is 6.95. The minimum Gasteiger partial charge on any atom is -0.451 e. The molecule has 8 heteroatoms. The SMILES string of the molecule is CCNC(=O)NC(=O)COC(=O)c1cc(-c2ccccc2)n[nH]1. The van der Waals surface area contributed by atoms with E-state index in [1.165, 1.54) is 6.07 Å². The molecule has 3 N–H and O–H groups in total. The molecule has 1 heterocycles. The van der Waals surface area contributed by atoms with Gasteiger partial charge in [-0.2, -0.15) is 5.10 Å². The van der Waals surface area contributed by atoms with Gasteiger partial charge in [-0.25, -0.2) is 9.59 Å². The van der Waals surface area contributed by atoms with E-state index in [1.807, 2.05) is 35.6 Å². The summed E-state index contributed by atoms with van der Waals surface area (Å²) in [6.45, 7) is 1.54. The number of aromatic amines is 1. The molecular formula is C15H16N4O4. The van der Waals surface area contributed by atoms with Crippen LogP contribution in [0, 0.1) is 0 Å². The fourth-order valence-corrected chi connectivity index (χ4v) is 1.76. The molecule has 0 atom stereocenters. The smallest absolute Gasteiger partial charge is 0.356 e. The maximum Gasteiger partial charge on any atom is 0.356 e. The average Bonchev–Trinajstić information content (AvgIpc) is 3.03. The van der Waals surface area contributed by atoms with Crippen LogP contribution in [0.15, 0.2) is 36.4 Å². The second-order valence-electron chi connectivity index (χ2n) is 4.52. The lowest BCUT2D eigenvalue weighted by molar-refractivity contribution is -0.123. The summed E-state index contributed by atoms with van der Waals surface area (Å²) in [4.78, 5) is 34.4. The number of urea groups is 1. The van der Waals surface area contributed by atoms with Crippen molar-refractivity contribution >= 4 is 17.9 Å². The second-order valence-corrected chi connectivity index (χ2v) is 4.52. The summed E-state index contributed by atoms with van der Waals surface area (Å²) in [6.07, 6.45) is 0. The lowest BCUT2D eigenvalue weighted by Crippen LogP contribution is -2.41. The lowest BCUT2D eigenvalue weighted by Gasteiger charge is -2.05. The van der Waals surface area contributed by atoms with Gasteiger partial charge >= 0.3 is 12.0 Å². The molecule has 0 unspecified atom stereocenters. The van der Waals surface area contributed by atoms with E-state index in [-0.39, 0.29) is 5.69 Å². The van der Waals surface area contributed by atoms with Gasteiger partial charge < -0.3 is 10.1 Å². The van der Waals surface area contributed by atoms with Gasteiger partial charge in [-0.05, 0) is 13.0 Å². The zero-order valence-electron chi connectivity index (χ0n) is 12.5. The number of hydrogen-bond acceptors (Lipinski definition) is 5. The summed E-state index contributed by atoms with van der Waals surface area (Å²) in [5, 5.41) is 11.0. The Morgan fingerprint density at radius 3 is 2.65 bits per heavy atom. The zero-order valence-corrected chi connectivity index (χ0v) is 12.5. The Labute approximate surface area is 132 Å². The molecule has 0 saturated carbocycles. The van der Waals surface area contributed by atoms with Crippen molar-refractivity contribution in [2.75, 3.05) is 13.2 Å². The number of aromatic nitrogens is 2. The van der Waals surface area contributed by atoms with E-state index in [4.69, 9.17) is 4.74 Å². The van der Waals surface area contributed by atoms with Crippen LogP contribution in [0.2, 0.25) is 0 Å². The van der Waals surface area contributed by atoms with E-state index in [0.29, 0.717) is 12.2 Å². The topological polar surface area (TPSA) is 113 Å².